The van der Waals surface area contributed by atoms with Crippen molar-refractivity contribution < 1.29 is 4.79 Å². The highest BCUT2D eigenvalue weighted by Gasteiger charge is 2.48. The maximum absolute atomic E-state index is 12.0. The van der Waals surface area contributed by atoms with Crippen molar-refractivity contribution in [2.45, 2.75) is 60.3 Å². The summed E-state index contributed by atoms with van der Waals surface area (Å²) in [5.41, 5.74) is 1.91. The van der Waals surface area contributed by atoms with Gasteiger partial charge in [0, 0.05) is 5.41 Å². The third kappa shape index (κ3) is 1.98. The summed E-state index contributed by atoms with van der Waals surface area (Å²) in [5.74, 6) is 1.50. The second kappa shape index (κ2) is 3.96. The summed E-state index contributed by atoms with van der Waals surface area (Å²) in [6, 6.07) is 0. The highest BCUT2D eigenvalue weighted by molar-refractivity contribution is 5.82. The number of ketones is 1. The Morgan fingerprint density at radius 1 is 1.35 bits per heavy atom. The monoisotopic (exact) mass is 234 g/mol. The Kier molecular flexibility index (Phi) is 3.00. The van der Waals surface area contributed by atoms with Gasteiger partial charge in [-0.3, -0.25) is 4.79 Å². The molecule has 1 fully saturated rings. The van der Waals surface area contributed by atoms with Crippen molar-refractivity contribution in [1.29, 1.82) is 0 Å². The normalized spacial score (nSPS) is 40.4. The van der Waals surface area contributed by atoms with E-state index in [-0.39, 0.29) is 5.41 Å². The molecular weight excluding hydrogens is 208 g/mol. The molecule has 0 aromatic carbocycles. The van der Waals surface area contributed by atoms with Crippen LogP contribution in [-0.2, 0) is 4.79 Å². The third-order valence-electron chi connectivity index (χ3n) is 5.65. The molecule has 0 radical (unpaired) electrons. The molecule has 0 N–H and O–H groups in total. The Labute approximate surface area is 106 Å². The zero-order chi connectivity index (χ0) is 12.8. The van der Waals surface area contributed by atoms with Gasteiger partial charge in [-0.2, -0.15) is 0 Å². The van der Waals surface area contributed by atoms with Crippen molar-refractivity contribution in [2.75, 3.05) is 0 Å². The van der Waals surface area contributed by atoms with Gasteiger partial charge >= 0.3 is 0 Å². The summed E-state index contributed by atoms with van der Waals surface area (Å²) in [4.78, 5) is 12.0. The predicted molar refractivity (Wildman–Crippen MR) is 71.8 cm³/mol. The fourth-order valence-electron chi connectivity index (χ4n) is 3.78. The molecule has 2 rings (SSSR count). The van der Waals surface area contributed by atoms with E-state index >= 15 is 0 Å². The first-order chi connectivity index (χ1) is 7.77. The molecule has 1 nitrogen and oxygen atoms in total. The predicted octanol–water partition coefficient (Wildman–Crippen LogP) is 4.37. The van der Waals surface area contributed by atoms with Crippen LogP contribution in [0.25, 0.3) is 0 Å². The first kappa shape index (κ1) is 12.9. The topological polar surface area (TPSA) is 17.1 Å². The number of hydrogen-bond acceptors (Lipinski definition) is 1. The van der Waals surface area contributed by atoms with Crippen molar-refractivity contribution in [1.82, 2.24) is 0 Å². The van der Waals surface area contributed by atoms with Crippen LogP contribution >= 0.6 is 0 Å². The number of hydrogen-bond donors (Lipinski definition) is 0. The molecule has 17 heavy (non-hydrogen) atoms. The number of Topliss-reactive ketones (excluding diaryl/α,β-unsaturated/α-hetero) is 1. The van der Waals surface area contributed by atoms with Gasteiger partial charge < -0.3 is 0 Å². The van der Waals surface area contributed by atoms with E-state index in [0.717, 1.165) is 12.8 Å². The Balaban J connectivity index is 2.34. The zero-order valence-electron chi connectivity index (χ0n) is 12.0. The molecule has 2 unspecified atom stereocenters. The van der Waals surface area contributed by atoms with Gasteiger partial charge in [-0.1, -0.05) is 39.3 Å². The van der Waals surface area contributed by atoms with E-state index in [1.54, 1.807) is 12.5 Å². The van der Waals surface area contributed by atoms with Gasteiger partial charge in [0.15, 0.2) is 0 Å². The molecule has 1 heteroatoms. The summed E-state index contributed by atoms with van der Waals surface area (Å²) in [7, 11) is 0. The lowest BCUT2D eigenvalue weighted by atomic mass is 9.53. The fourth-order valence-corrected chi connectivity index (χ4v) is 3.78. The van der Waals surface area contributed by atoms with Crippen LogP contribution in [-0.4, -0.2) is 5.78 Å². The third-order valence-corrected chi connectivity index (χ3v) is 5.65. The summed E-state index contributed by atoms with van der Waals surface area (Å²) in [5, 5.41) is 0. The maximum Gasteiger partial charge on any atom is 0.135 e. The number of fused-ring (bicyclic) bond motifs is 1. The number of allylic oxidation sites excluding steroid dienone is 2. The molecule has 3 atom stereocenters. The van der Waals surface area contributed by atoms with Crippen LogP contribution in [0.15, 0.2) is 11.6 Å². The molecule has 0 amide bonds. The van der Waals surface area contributed by atoms with E-state index in [1.165, 1.54) is 12.8 Å². The molecule has 2 aliphatic rings. The summed E-state index contributed by atoms with van der Waals surface area (Å²) >= 11 is 0. The first-order valence-electron chi connectivity index (χ1n) is 6.97. The van der Waals surface area contributed by atoms with Crippen LogP contribution in [0.4, 0.5) is 0 Å². The van der Waals surface area contributed by atoms with Gasteiger partial charge in [0.1, 0.15) is 5.78 Å². The molecule has 0 aromatic heterocycles. The molecule has 0 saturated heterocycles. The van der Waals surface area contributed by atoms with Crippen molar-refractivity contribution in [3.05, 3.63) is 11.6 Å². The smallest absolute Gasteiger partial charge is 0.135 e. The molecule has 0 aromatic rings. The molecule has 0 aliphatic heterocycles. The molecule has 96 valence electrons. The number of carbonyl (C=O) groups is 1. The van der Waals surface area contributed by atoms with Crippen LogP contribution < -0.4 is 0 Å². The van der Waals surface area contributed by atoms with Gasteiger partial charge in [0.2, 0.25) is 0 Å². The van der Waals surface area contributed by atoms with E-state index in [1.807, 2.05) is 0 Å². The summed E-state index contributed by atoms with van der Waals surface area (Å²) in [6.45, 7) is 11.0. The average Bonchev–Trinajstić information content (AvgIpc) is 2.21. The fraction of sp³-hybridized carbons (Fsp3) is 0.812. The molecule has 0 spiro atoms. The Hall–Kier alpha value is -0.590. The van der Waals surface area contributed by atoms with Crippen LogP contribution in [0.2, 0.25) is 0 Å². The van der Waals surface area contributed by atoms with Crippen LogP contribution in [0.1, 0.15) is 60.3 Å². The summed E-state index contributed by atoms with van der Waals surface area (Å²) < 4.78 is 0. The lowest BCUT2D eigenvalue weighted by Gasteiger charge is -2.50. The molecular formula is C16H26O. The zero-order valence-corrected chi connectivity index (χ0v) is 12.0. The van der Waals surface area contributed by atoms with E-state index in [0.29, 0.717) is 23.0 Å². The lowest BCUT2D eigenvalue weighted by molar-refractivity contribution is -0.131. The molecule has 2 aliphatic carbocycles. The van der Waals surface area contributed by atoms with Crippen LogP contribution in [0, 0.1) is 22.7 Å². The molecule has 0 bridgehead atoms. The minimum Gasteiger partial charge on any atom is -0.299 e. The minimum atomic E-state index is -0.101. The standard InChI is InChI=1S/C16H26O/c1-11-9-13-7-6-8-15(3,4)14(13)10-16(11,5)12(2)17/h7,11,14H,6,8-10H2,1-5H3/t11?,14?,16-/m1/s1. The first-order valence-corrected chi connectivity index (χ1v) is 6.97. The average molecular weight is 234 g/mol. The van der Waals surface area contributed by atoms with Gasteiger partial charge in [0.25, 0.3) is 0 Å². The molecule has 0 heterocycles. The van der Waals surface area contributed by atoms with E-state index in [2.05, 4.69) is 33.8 Å². The second-order valence-electron chi connectivity index (χ2n) is 7.14. The van der Waals surface area contributed by atoms with E-state index in [4.69, 9.17) is 0 Å². The molecule has 1 saturated carbocycles. The highest BCUT2D eigenvalue weighted by atomic mass is 16.1. The maximum atomic E-state index is 12.0. The Bertz CT molecular complexity index is 364. The van der Waals surface area contributed by atoms with Gasteiger partial charge in [-0.05, 0) is 49.9 Å². The minimum absolute atomic E-state index is 0.101. The van der Waals surface area contributed by atoms with Crippen molar-refractivity contribution >= 4 is 5.78 Å². The van der Waals surface area contributed by atoms with Gasteiger partial charge in [-0.25, -0.2) is 0 Å². The van der Waals surface area contributed by atoms with Gasteiger partial charge in [-0.15, -0.1) is 0 Å². The Morgan fingerprint density at radius 2 is 2.00 bits per heavy atom. The van der Waals surface area contributed by atoms with Crippen molar-refractivity contribution in [3.63, 3.8) is 0 Å². The number of rotatable bonds is 1. The largest absolute Gasteiger partial charge is 0.299 e. The summed E-state index contributed by atoms with van der Waals surface area (Å²) in [6.07, 6.45) is 7.13. The number of carbonyl (C=O) groups excluding carboxylic acids is 1. The van der Waals surface area contributed by atoms with E-state index in [9.17, 15) is 4.79 Å². The van der Waals surface area contributed by atoms with Crippen LogP contribution in [0.5, 0.6) is 0 Å². The quantitative estimate of drug-likeness (QED) is 0.616. The highest BCUT2D eigenvalue weighted by Crippen LogP contribution is 2.55. The SMILES string of the molecule is CC(=O)[C@]1(C)CC2C(=CCCC2(C)C)CC1C. The van der Waals surface area contributed by atoms with Crippen molar-refractivity contribution in [2.24, 2.45) is 22.7 Å². The second-order valence-corrected chi connectivity index (χ2v) is 7.14. The van der Waals surface area contributed by atoms with Crippen molar-refractivity contribution in [3.8, 4) is 0 Å². The Morgan fingerprint density at radius 3 is 2.59 bits per heavy atom. The van der Waals surface area contributed by atoms with E-state index < -0.39 is 0 Å². The van der Waals surface area contributed by atoms with Crippen LogP contribution in [0.3, 0.4) is 0 Å². The van der Waals surface area contributed by atoms with Gasteiger partial charge in [0.05, 0.1) is 0 Å². The lowest BCUT2D eigenvalue weighted by Crippen LogP contribution is -2.44.